The molecule has 0 amide bonds. The van der Waals surface area contributed by atoms with E-state index < -0.39 is 0 Å². The Kier molecular flexibility index (Phi) is 6.03. The van der Waals surface area contributed by atoms with Gasteiger partial charge in [-0.3, -0.25) is 0 Å². The lowest BCUT2D eigenvalue weighted by Crippen LogP contribution is -2.10. The van der Waals surface area contributed by atoms with Crippen molar-refractivity contribution in [3.8, 4) is 5.69 Å². The van der Waals surface area contributed by atoms with Crippen molar-refractivity contribution < 1.29 is 0 Å². The lowest BCUT2D eigenvalue weighted by atomic mass is 10.0. The molecule has 11 rings (SSSR count). The Hall–Kier alpha value is -5.94. The fourth-order valence-corrected chi connectivity index (χ4v) is 10.3. The molecule has 0 aliphatic heterocycles. The quantitative estimate of drug-likeness (QED) is 0.181. The summed E-state index contributed by atoms with van der Waals surface area (Å²) >= 11 is 3.76. The molecule has 4 heteroatoms. The zero-order chi connectivity index (χ0) is 32.8. The average molecular weight is 673 g/mol. The van der Waals surface area contributed by atoms with Gasteiger partial charge in [0.1, 0.15) is 0 Å². The third kappa shape index (κ3) is 4.07. The molecule has 234 valence electrons. The molecular weight excluding hydrogens is 645 g/mol. The third-order valence-corrected chi connectivity index (χ3v) is 12.5. The van der Waals surface area contributed by atoms with E-state index >= 15 is 0 Å². The summed E-state index contributed by atoms with van der Waals surface area (Å²) in [5.74, 6) is 0. The molecule has 3 aromatic heterocycles. The number of hydrogen-bond acceptors (Lipinski definition) is 3. The van der Waals surface area contributed by atoms with Gasteiger partial charge in [0.2, 0.25) is 0 Å². The summed E-state index contributed by atoms with van der Waals surface area (Å²) in [7, 11) is 0. The highest BCUT2D eigenvalue weighted by atomic mass is 32.1. The summed E-state index contributed by atoms with van der Waals surface area (Å²) in [4.78, 5) is 2.52. The second-order valence-corrected chi connectivity index (χ2v) is 15.1. The first-order valence-electron chi connectivity index (χ1n) is 16.9. The first-order valence-corrected chi connectivity index (χ1v) is 18.6. The molecule has 0 fully saturated rings. The van der Waals surface area contributed by atoms with Crippen molar-refractivity contribution in [2.45, 2.75) is 0 Å². The summed E-state index contributed by atoms with van der Waals surface area (Å²) in [6, 6.07) is 62.4. The molecule has 0 saturated carbocycles. The van der Waals surface area contributed by atoms with Gasteiger partial charge in [-0.1, -0.05) is 103 Å². The van der Waals surface area contributed by atoms with Gasteiger partial charge in [-0.05, 0) is 77.5 Å². The Morgan fingerprint density at radius 2 is 1.08 bits per heavy atom. The van der Waals surface area contributed by atoms with Crippen LogP contribution >= 0.6 is 22.7 Å². The van der Waals surface area contributed by atoms with E-state index in [1.807, 2.05) is 22.7 Å². The standard InChI is InChI=1S/C46H28N2S2/c1-2-14-31(15-3-1)47-38-19-8-6-16-33(38)34-25-24-32(28-41(34)47)48(39-20-11-23-43-45(39)36-17-7-9-22-42(36)49-43)40-21-10-18-35-37-26-29-12-4-5-13-30(29)27-44(37)50-46(35)40/h1-28H. The maximum absolute atomic E-state index is 2.52. The Morgan fingerprint density at radius 1 is 0.400 bits per heavy atom. The fourth-order valence-electron chi connectivity index (χ4n) is 7.95. The first kappa shape index (κ1) is 28.0. The molecule has 0 unspecified atom stereocenters. The number of anilines is 3. The average Bonchev–Trinajstić information content (AvgIpc) is 3.84. The van der Waals surface area contributed by atoms with E-state index in [-0.39, 0.29) is 0 Å². The van der Waals surface area contributed by atoms with Crippen molar-refractivity contribution in [2.24, 2.45) is 0 Å². The zero-order valence-corrected chi connectivity index (χ0v) is 28.5. The maximum atomic E-state index is 2.52. The van der Waals surface area contributed by atoms with Crippen molar-refractivity contribution in [1.82, 2.24) is 4.57 Å². The van der Waals surface area contributed by atoms with E-state index in [2.05, 4.69) is 179 Å². The summed E-state index contributed by atoms with van der Waals surface area (Å²) in [5, 5.41) is 10.2. The molecular formula is C46H28N2S2. The number of benzene rings is 8. The normalized spacial score (nSPS) is 12.0. The third-order valence-electron chi connectivity index (χ3n) is 10.1. The van der Waals surface area contributed by atoms with Crippen LogP contribution < -0.4 is 4.90 Å². The van der Waals surface area contributed by atoms with Crippen LogP contribution in [0.2, 0.25) is 0 Å². The van der Waals surface area contributed by atoms with Crippen LogP contribution in [0.3, 0.4) is 0 Å². The number of aromatic nitrogens is 1. The van der Waals surface area contributed by atoms with Crippen LogP contribution in [0.1, 0.15) is 0 Å². The second-order valence-electron chi connectivity index (χ2n) is 12.9. The van der Waals surface area contributed by atoms with Crippen LogP contribution in [0.15, 0.2) is 170 Å². The van der Waals surface area contributed by atoms with Gasteiger partial charge in [0.15, 0.2) is 0 Å². The van der Waals surface area contributed by atoms with Gasteiger partial charge < -0.3 is 9.47 Å². The van der Waals surface area contributed by atoms with Crippen LogP contribution in [-0.2, 0) is 0 Å². The smallest absolute Gasteiger partial charge is 0.0640 e. The van der Waals surface area contributed by atoms with E-state index in [1.165, 1.54) is 84.3 Å². The minimum absolute atomic E-state index is 1.13. The van der Waals surface area contributed by atoms with Gasteiger partial charge in [0.05, 0.1) is 27.1 Å². The minimum atomic E-state index is 1.13. The zero-order valence-electron chi connectivity index (χ0n) is 26.9. The molecule has 11 aromatic rings. The summed E-state index contributed by atoms with van der Waals surface area (Å²) in [6.45, 7) is 0. The number of para-hydroxylation sites is 2. The predicted molar refractivity (Wildman–Crippen MR) is 219 cm³/mol. The van der Waals surface area contributed by atoms with Gasteiger partial charge in [-0.25, -0.2) is 0 Å². The first-order chi connectivity index (χ1) is 24.8. The highest BCUT2D eigenvalue weighted by Crippen LogP contribution is 2.50. The highest BCUT2D eigenvalue weighted by Gasteiger charge is 2.23. The summed E-state index contributed by atoms with van der Waals surface area (Å²) in [6.07, 6.45) is 0. The Balaban J connectivity index is 1.25. The number of nitrogens with zero attached hydrogens (tertiary/aromatic N) is 2. The van der Waals surface area contributed by atoms with Crippen molar-refractivity contribution >= 4 is 113 Å². The maximum Gasteiger partial charge on any atom is 0.0640 e. The topological polar surface area (TPSA) is 8.17 Å². The van der Waals surface area contributed by atoms with Gasteiger partial charge in [-0.15, -0.1) is 22.7 Å². The van der Waals surface area contributed by atoms with E-state index in [0.29, 0.717) is 0 Å². The predicted octanol–water partition coefficient (Wildman–Crippen LogP) is 14.1. The molecule has 0 N–H and O–H groups in total. The minimum Gasteiger partial charge on any atom is -0.309 e. The van der Waals surface area contributed by atoms with Gasteiger partial charge in [0, 0.05) is 57.8 Å². The Labute approximate surface area is 296 Å². The summed E-state index contributed by atoms with van der Waals surface area (Å²) < 4.78 is 7.62. The van der Waals surface area contributed by atoms with Crippen molar-refractivity contribution in [3.63, 3.8) is 0 Å². The fraction of sp³-hybridized carbons (Fsp3) is 0. The van der Waals surface area contributed by atoms with Crippen LogP contribution in [0.5, 0.6) is 0 Å². The van der Waals surface area contributed by atoms with Crippen LogP contribution in [0, 0.1) is 0 Å². The molecule has 3 heterocycles. The summed E-state index contributed by atoms with van der Waals surface area (Å²) in [5.41, 5.74) is 7.08. The number of rotatable bonds is 4. The van der Waals surface area contributed by atoms with Crippen LogP contribution in [0.4, 0.5) is 17.1 Å². The molecule has 0 spiro atoms. The molecule has 0 saturated heterocycles. The monoisotopic (exact) mass is 672 g/mol. The Morgan fingerprint density at radius 3 is 1.98 bits per heavy atom. The lowest BCUT2D eigenvalue weighted by Gasteiger charge is -2.27. The highest BCUT2D eigenvalue weighted by molar-refractivity contribution is 7.26. The molecule has 8 aromatic carbocycles. The van der Waals surface area contributed by atoms with E-state index in [4.69, 9.17) is 0 Å². The molecule has 50 heavy (non-hydrogen) atoms. The second kappa shape index (κ2) is 10.8. The van der Waals surface area contributed by atoms with Crippen LogP contribution in [-0.4, -0.2) is 4.57 Å². The van der Waals surface area contributed by atoms with Crippen molar-refractivity contribution in [3.05, 3.63) is 170 Å². The van der Waals surface area contributed by atoms with Crippen LogP contribution in [0.25, 0.3) is 78.6 Å². The van der Waals surface area contributed by atoms with Gasteiger partial charge in [-0.2, -0.15) is 0 Å². The largest absolute Gasteiger partial charge is 0.309 e. The van der Waals surface area contributed by atoms with Gasteiger partial charge in [0.25, 0.3) is 0 Å². The molecule has 2 nitrogen and oxygen atoms in total. The Bertz CT molecular complexity index is 3110. The number of thiophene rings is 2. The van der Waals surface area contributed by atoms with E-state index in [1.54, 1.807) is 0 Å². The number of hydrogen-bond donors (Lipinski definition) is 0. The molecule has 0 aliphatic rings. The van der Waals surface area contributed by atoms with E-state index in [9.17, 15) is 0 Å². The number of fused-ring (bicyclic) bond motifs is 10. The molecule has 0 bridgehead atoms. The van der Waals surface area contributed by atoms with Crippen molar-refractivity contribution in [2.75, 3.05) is 4.90 Å². The van der Waals surface area contributed by atoms with E-state index in [0.717, 1.165) is 11.4 Å². The SMILES string of the molecule is c1ccc(-n2c3ccccc3c3ccc(N(c4cccc5c4sc4cc6ccccc6cc45)c4cccc5sc6ccccc6c45)cc32)cc1. The molecule has 0 aliphatic carbocycles. The molecule has 0 radical (unpaired) electrons. The van der Waals surface area contributed by atoms with Crippen molar-refractivity contribution in [1.29, 1.82) is 0 Å². The molecule has 0 atom stereocenters. The van der Waals surface area contributed by atoms with Gasteiger partial charge >= 0.3 is 0 Å². The lowest BCUT2D eigenvalue weighted by molar-refractivity contribution is 1.18.